The summed E-state index contributed by atoms with van der Waals surface area (Å²) in [5, 5.41) is 8.36. The Morgan fingerprint density at radius 3 is 3.08 bits per heavy atom. The Kier molecular flexibility index (Phi) is 4.46. The fraction of sp³-hybridized carbons (Fsp3) is 0.421. The van der Waals surface area contributed by atoms with Gasteiger partial charge in [0.2, 0.25) is 5.91 Å². The fourth-order valence-electron chi connectivity index (χ4n) is 3.54. The molecule has 2 atom stereocenters. The van der Waals surface area contributed by atoms with Crippen LogP contribution in [0.15, 0.2) is 36.7 Å². The van der Waals surface area contributed by atoms with Crippen molar-refractivity contribution in [2.75, 3.05) is 11.9 Å². The average Bonchev–Trinajstić information content (AvgIpc) is 3.30. The summed E-state index contributed by atoms with van der Waals surface area (Å²) >= 11 is 0. The minimum Gasteiger partial charge on any atom is -0.371 e. The van der Waals surface area contributed by atoms with Gasteiger partial charge in [0, 0.05) is 30.4 Å². The average molecular weight is 353 g/mol. The molecule has 2 N–H and O–H groups in total. The van der Waals surface area contributed by atoms with Crippen LogP contribution in [0.4, 0.5) is 5.82 Å². The molecule has 7 heteroatoms. The molecule has 0 unspecified atom stereocenters. The molecule has 26 heavy (non-hydrogen) atoms. The van der Waals surface area contributed by atoms with Crippen LogP contribution in [0.5, 0.6) is 0 Å². The molecule has 4 heterocycles. The lowest BCUT2D eigenvalue weighted by atomic mass is 9.91. The normalized spacial score (nSPS) is 20.6. The number of carbonyl (C=O) groups is 1. The molecule has 1 saturated heterocycles. The van der Waals surface area contributed by atoms with Gasteiger partial charge in [-0.15, -0.1) is 0 Å². The van der Waals surface area contributed by atoms with Crippen molar-refractivity contribution in [1.29, 1.82) is 0 Å². The van der Waals surface area contributed by atoms with Crippen molar-refractivity contribution in [3.63, 3.8) is 0 Å². The number of rotatable bonds is 4. The largest absolute Gasteiger partial charge is 0.371 e. The van der Waals surface area contributed by atoms with Crippen LogP contribution < -0.4 is 5.32 Å². The summed E-state index contributed by atoms with van der Waals surface area (Å²) < 4.78 is 7.92. The van der Waals surface area contributed by atoms with Crippen molar-refractivity contribution < 1.29 is 9.53 Å². The van der Waals surface area contributed by atoms with E-state index in [1.165, 1.54) is 0 Å². The molecular weight excluding hydrogens is 330 g/mol. The van der Waals surface area contributed by atoms with Crippen LogP contribution in [0.1, 0.15) is 44.5 Å². The van der Waals surface area contributed by atoms with Crippen molar-refractivity contribution in [3.05, 3.63) is 42.4 Å². The van der Waals surface area contributed by atoms with Crippen molar-refractivity contribution >= 4 is 22.8 Å². The van der Waals surface area contributed by atoms with E-state index in [1.54, 1.807) is 6.20 Å². The molecule has 4 rings (SSSR count). The number of pyridine rings is 1. The third kappa shape index (κ3) is 3.10. The Labute approximate surface area is 151 Å². The maximum Gasteiger partial charge on any atom is 0.231 e. The van der Waals surface area contributed by atoms with Crippen LogP contribution in [0.2, 0.25) is 0 Å². The fourth-order valence-corrected chi connectivity index (χ4v) is 3.54. The molecule has 1 aliphatic rings. The minimum absolute atomic E-state index is 0.0652. The molecule has 0 saturated carbocycles. The summed E-state index contributed by atoms with van der Waals surface area (Å²) in [5.74, 6) is 0.218. The van der Waals surface area contributed by atoms with Crippen molar-refractivity contribution in [1.82, 2.24) is 19.7 Å². The summed E-state index contributed by atoms with van der Waals surface area (Å²) in [6.07, 6.45) is 4.96. The van der Waals surface area contributed by atoms with Gasteiger partial charge in [-0.3, -0.25) is 9.48 Å². The van der Waals surface area contributed by atoms with Gasteiger partial charge in [-0.2, -0.15) is 5.10 Å². The number of hydrogen-bond donors (Lipinski definition) is 2. The Balaban J connectivity index is 1.57. The molecule has 0 aromatic carbocycles. The number of aromatic nitrogens is 4. The number of anilines is 1. The second-order valence-electron chi connectivity index (χ2n) is 6.94. The highest BCUT2D eigenvalue weighted by Gasteiger charge is 2.35. The Morgan fingerprint density at radius 1 is 1.35 bits per heavy atom. The van der Waals surface area contributed by atoms with Gasteiger partial charge in [0.25, 0.3) is 0 Å². The summed E-state index contributed by atoms with van der Waals surface area (Å²) in [4.78, 5) is 20.5. The second kappa shape index (κ2) is 6.92. The molecule has 0 bridgehead atoms. The van der Waals surface area contributed by atoms with Crippen LogP contribution in [-0.2, 0) is 9.53 Å². The topological polar surface area (TPSA) is 84.8 Å². The third-order valence-electron chi connectivity index (χ3n) is 4.80. The molecule has 1 fully saturated rings. The van der Waals surface area contributed by atoms with Crippen LogP contribution in [-0.4, -0.2) is 32.3 Å². The molecule has 1 aliphatic heterocycles. The number of fused-ring (bicyclic) bond motifs is 1. The van der Waals surface area contributed by atoms with E-state index < -0.39 is 0 Å². The molecular formula is C19H23N5O2. The zero-order valence-electron chi connectivity index (χ0n) is 15.0. The van der Waals surface area contributed by atoms with E-state index in [9.17, 15) is 4.79 Å². The van der Waals surface area contributed by atoms with Gasteiger partial charge in [-0.05, 0) is 51.0 Å². The number of hydrogen-bond acceptors (Lipinski definition) is 4. The number of amides is 1. The van der Waals surface area contributed by atoms with Crippen LogP contribution in [0, 0.1) is 5.92 Å². The Bertz CT molecular complexity index is 913. The van der Waals surface area contributed by atoms with Gasteiger partial charge in [0.15, 0.2) is 0 Å². The van der Waals surface area contributed by atoms with E-state index in [4.69, 9.17) is 4.74 Å². The van der Waals surface area contributed by atoms with Gasteiger partial charge >= 0.3 is 0 Å². The van der Waals surface area contributed by atoms with Crippen molar-refractivity contribution in [3.8, 4) is 0 Å². The highest BCUT2D eigenvalue weighted by atomic mass is 16.5. The zero-order valence-corrected chi connectivity index (χ0v) is 15.0. The summed E-state index contributed by atoms with van der Waals surface area (Å²) in [7, 11) is 0. The Hall–Kier alpha value is -2.67. The second-order valence-corrected chi connectivity index (χ2v) is 6.94. The lowest BCUT2D eigenvalue weighted by Gasteiger charge is -2.31. The first-order valence-electron chi connectivity index (χ1n) is 9.03. The van der Waals surface area contributed by atoms with E-state index >= 15 is 0 Å². The quantitative estimate of drug-likeness (QED) is 0.752. The third-order valence-corrected chi connectivity index (χ3v) is 4.80. The lowest BCUT2D eigenvalue weighted by molar-refractivity contribution is -0.129. The molecule has 3 aromatic rings. The predicted molar refractivity (Wildman–Crippen MR) is 98.8 cm³/mol. The smallest absolute Gasteiger partial charge is 0.231 e. The predicted octanol–water partition coefficient (Wildman–Crippen LogP) is 3.45. The monoisotopic (exact) mass is 353 g/mol. The first-order chi connectivity index (χ1) is 12.6. The number of nitrogens with one attached hydrogen (secondary N) is 2. The molecule has 0 aliphatic carbocycles. The first-order valence-corrected chi connectivity index (χ1v) is 9.03. The maximum atomic E-state index is 13.0. The van der Waals surface area contributed by atoms with Crippen LogP contribution in [0.3, 0.4) is 0 Å². The molecule has 0 spiro atoms. The van der Waals surface area contributed by atoms with Gasteiger partial charge < -0.3 is 15.0 Å². The molecule has 136 valence electrons. The standard InChI is InChI=1S/C19H23N5O2/c1-12(2)24-15(8-10-21-24)17-14(4-3-11-26-17)19(25)23-16-6-5-13-7-9-20-18(13)22-16/h5-10,12,14,17H,3-4,11H2,1-2H3,(H2,20,22,23,25)/t14-,17-/m1/s1. The van der Waals surface area contributed by atoms with E-state index in [-0.39, 0.29) is 24.0 Å². The molecule has 0 radical (unpaired) electrons. The van der Waals surface area contributed by atoms with Gasteiger partial charge in [-0.25, -0.2) is 4.98 Å². The first kappa shape index (κ1) is 16.8. The highest BCUT2D eigenvalue weighted by Crippen LogP contribution is 2.35. The number of ether oxygens (including phenoxy) is 1. The van der Waals surface area contributed by atoms with Gasteiger partial charge in [-0.1, -0.05) is 0 Å². The lowest BCUT2D eigenvalue weighted by Crippen LogP contribution is -2.34. The summed E-state index contributed by atoms with van der Waals surface area (Å²) in [5.41, 5.74) is 1.71. The van der Waals surface area contributed by atoms with E-state index in [0.717, 1.165) is 29.6 Å². The SMILES string of the molecule is CC(C)n1nccc1[C@@H]1OCCC[C@H]1C(=O)Nc1ccc2cc[nH]c2n1. The number of H-pyrrole nitrogens is 1. The van der Waals surface area contributed by atoms with E-state index in [1.807, 2.05) is 35.1 Å². The van der Waals surface area contributed by atoms with Crippen LogP contribution >= 0.6 is 0 Å². The van der Waals surface area contributed by atoms with Crippen molar-refractivity contribution in [2.24, 2.45) is 5.92 Å². The number of nitrogens with zero attached hydrogens (tertiary/aromatic N) is 3. The van der Waals surface area contributed by atoms with Crippen LogP contribution in [0.25, 0.3) is 11.0 Å². The molecule has 3 aromatic heterocycles. The molecule has 1 amide bonds. The number of aromatic amines is 1. The summed E-state index contributed by atoms with van der Waals surface area (Å²) in [6, 6.07) is 7.87. The maximum absolute atomic E-state index is 13.0. The highest BCUT2D eigenvalue weighted by molar-refractivity contribution is 5.93. The van der Waals surface area contributed by atoms with Crippen molar-refractivity contribution in [2.45, 2.75) is 38.8 Å². The van der Waals surface area contributed by atoms with E-state index in [0.29, 0.717) is 12.4 Å². The minimum atomic E-state index is -0.289. The van der Waals surface area contributed by atoms with Gasteiger partial charge in [0.05, 0.1) is 11.6 Å². The van der Waals surface area contributed by atoms with Gasteiger partial charge in [0.1, 0.15) is 17.6 Å². The molecule has 7 nitrogen and oxygen atoms in total. The van der Waals surface area contributed by atoms with E-state index in [2.05, 4.69) is 34.2 Å². The zero-order chi connectivity index (χ0) is 18.1. The Morgan fingerprint density at radius 2 is 2.23 bits per heavy atom. The summed E-state index contributed by atoms with van der Waals surface area (Å²) in [6.45, 7) is 4.80. The number of carbonyl (C=O) groups excluding carboxylic acids is 1.